The van der Waals surface area contributed by atoms with Crippen molar-refractivity contribution < 1.29 is 23.1 Å². The standard InChI is InChI=1S/C12H18N2O5S/c1-8-5-9(3-4-19-8)13-20(17,18)10-6-11(12(15)16)14(2)7-10/h6-9,13H,3-5H2,1-2H3,(H,15,16). The summed E-state index contributed by atoms with van der Waals surface area (Å²) in [4.78, 5) is 10.9. The van der Waals surface area contributed by atoms with Crippen LogP contribution in [0.4, 0.5) is 0 Å². The van der Waals surface area contributed by atoms with Crippen molar-refractivity contribution in [2.24, 2.45) is 7.05 Å². The highest BCUT2D eigenvalue weighted by atomic mass is 32.2. The fourth-order valence-electron chi connectivity index (χ4n) is 2.29. The molecule has 2 unspecified atom stereocenters. The van der Waals surface area contributed by atoms with Crippen molar-refractivity contribution >= 4 is 16.0 Å². The van der Waals surface area contributed by atoms with Crippen LogP contribution in [0.15, 0.2) is 17.2 Å². The first-order valence-corrected chi connectivity index (χ1v) is 7.81. The molecule has 0 spiro atoms. The van der Waals surface area contributed by atoms with Gasteiger partial charge < -0.3 is 14.4 Å². The fourth-order valence-corrected chi connectivity index (χ4v) is 3.64. The Kier molecular flexibility index (Phi) is 4.17. The van der Waals surface area contributed by atoms with Crippen molar-refractivity contribution in [3.05, 3.63) is 18.0 Å². The average Bonchev–Trinajstić information content (AvgIpc) is 2.71. The lowest BCUT2D eigenvalue weighted by molar-refractivity contribution is 0.0173. The van der Waals surface area contributed by atoms with E-state index < -0.39 is 16.0 Å². The Morgan fingerprint density at radius 2 is 2.25 bits per heavy atom. The number of hydrogen-bond acceptors (Lipinski definition) is 4. The van der Waals surface area contributed by atoms with Crippen molar-refractivity contribution in [2.75, 3.05) is 6.61 Å². The van der Waals surface area contributed by atoms with E-state index in [1.807, 2.05) is 6.92 Å². The van der Waals surface area contributed by atoms with E-state index in [2.05, 4.69) is 4.72 Å². The van der Waals surface area contributed by atoms with E-state index in [0.717, 1.165) is 6.07 Å². The second-order valence-corrected chi connectivity index (χ2v) is 6.72. The number of carboxylic acid groups (broad SMARTS) is 1. The number of aromatic nitrogens is 1. The number of hydrogen-bond donors (Lipinski definition) is 2. The number of nitrogens with zero attached hydrogens (tertiary/aromatic N) is 1. The monoisotopic (exact) mass is 302 g/mol. The third kappa shape index (κ3) is 3.20. The van der Waals surface area contributed by atoms with Gasteiger partial charge in [-0.1, -0.05) is 0 Å². The summed E-state index contributed by atoms with van der Waals surface area (Å²) in [6.45, 7) is 2.41. The van der Waals surface area contributed by atoms with Gasteiger partial charge in [0.25, 0.3) is 0 Å². The van der Waals surface area contributed by atoms with Crippen LogP contribution in [0.3, 0.4) is 0 Å². The van der Waals surface area contributed by atoms with Gasteiger partial charge in [0.15, 0.2) is 0 Å². The number of sulfonamides is 1. The minimum Gasteiger partial charge on any atom is -0.477 e. The lowest BCUT2D eigenvalue weighted by Crippen LogP contribution is -2.41. The molecular weight excluding hydrogens is 284 g/mol. The average molecular weight is 302 g/mol. The van der Waals surface area contributed by atoms with Gasteiger partial charge in [-0.2, -0.15) is 0 Å². The first-order valence-electron chi connectivity index (χ1n) is 6.33. The summed E-state index contributed by atoms with van der Waals surface area (Å²) in [6, 6.07) is 0.977. The van der Waals surface area contributed by atoms with Gasteiger partial charge >= 0.3 is 5.97 Å². The van der Waals surface area contributed by atoms with Crippen LogP contribution in [0.1, 0.15) is 30.3 Å². The van der Waals surface area contributed by atoms with Gasteiger partial charge in [0, 0.05) is 25.9 Å². The molecule has 1 saturated heterocycles. The van der Waals surface area contributed by atoms with Crippen LogP contribution in [0.25, 0.3) is 0 Å². The highest BCUT2D eigenvalue weighted by Crippen LogP contribution is 2.18. The first-order chi connectivity index (χ1) is 9.29. The maximum Gasteiger partial charge on any atom is 0.352 e. The van der Waals surface area contributed by atoms with E-state index >= 15 is 0 Å². The van der Waals surface area contributed by atoms with Crippen LogP contribution in [-0.2, 0) is 21.8 Å². The van der Waals surface area contributed by atoms with Crippen LogP contribution < -0.4 is 4.72 Å². The van der Waals surface area contributed by atoms with Crippen LogP contribution in [0, 0.1) is 0 Å². The van der Waals surface area contributed by atoms with E-state index in [-0.39, 0.29) is 22.7 Å². The van der Waals surface area contributed by atoms with E-state index in [1.165, 1.54) is 17.8 Å². The zero-order chi connectivity index (χ0) is 14.9. The molecule has 7 nitrogen and oxygen atoms in total. The molecule has 1 aliphatic rings. The summed E-state index contributed by atoms with van der Waals surface area (Å²) in [5, 5.41) is 8.95. The second-order valence-electron chi connectivity index (χ2n) is 5.00. The SMILES string of the molecule is CC1CC(NS(=O)(=O)c2cc(C(=O)O)n(C)c2)CCO1. The van der Waals surface area contributed by atoms with Gasteiger partial charge in [-0.3, -0.25) is 0 Å². The predicted octanol–water partition coefficient (Wildman–Crippen LogP) is 0.569. The molecule has 1 aromatic rings. The van der Waals surface area contributed by atoms with Gasteiger partial charge in [-0.25, -0.2) is 17.9 Å². The van der Waals surface area contributed by atoms with Gasteiger partial charge in [-0.05, 0) is 25.8 Å². The Morgan fingerprint density at radius 3 is 2.80 bits per heavy atom. The summed E-state index contributed by atoms with van der Waals surface area (Å²) in [5.74, 6) is -1.16. The van der Waals surface area contributed by atoms with E-state index in [9.17, 15) is 13.2 Å². The Labute approximate surface area is 117 Å². The Balaban J connectivity index is 2.18. The second kappa shape index (κ2) is 5.55. The number of carboxylic acids is 1. The Bertz CT molecular complexity index is 607. The molecule has 0 aromatic carbocycles. The largest absolute Gasteiger partial charge is 0.477 e. The molecule has 1 fully saturated rings. The summed E-state index contributed by atoms with van der Waals surface area (Å²) < 4.78 is 33.7. The normalized spacial score (nSPS) is 23.7. The number of carbonyl (C=O) groups is 1. The molecule has 0 aliphatic carbocycles. The zero-order valence-electron chi connectivity index (χ0n) is 11.4. The zero-order valence-corrected chi connectivity index (χ0v) is 12.2. The van der Waals surface area contributed by atoms with Gasteiger partial charge in [-0.15, -0.1) is 0 Å². The molecule has 0 amide bonds. The molecule has 112 valence electrons. The maximum absolute atomic E-state index is 12.2. The molecule has 0 saturated carbocycles. The molecule has 2 atom stereocenters. The maximum atomic E-state index is 12.2. The van der Waals surface area contributed by atoms with Crippen LogP contribution >= 0.6 is 0 Å². The quantitative estimate of drug-likeness (QED) is 0.847. The molecular formula is C12H18N2O5S. The van der Waals surface area contributed by atoms with Crippen molar-refractivity contribution in [2.45, 2.75) is 36.8 Å². The molecule has 1 aromatic heterocycles. The number of nitrogens with one attached hydrogen (secondary N) is 1. The summed E-state index contributed by atoms with van der Waals surface area (Å²) in [7, 11) is -2.21. The molecule has 2 rings (SSSR count). The highest BCUT2D eigenvalue weighted by molar-refractivity contribution is 7.89. The predicted molar refractivity (Wildman–Crippen MR) is 71.1 cm³/mol. The van der Waals surface area contributed by atoms with Crippen LogP contribution in [0.5, 0.6) is 0 Å². The van der Waals surface area contributed by atoms with E-state index in [4.69, 9.17) is 9.84 Å². The van der Waals surface area contributed by atoms with Gasteiger partial charge in [0.2, 0.25) is 10.0 Å². The number of ether oxygens (including phenoxy) is 1. The molecule has 0 bridgehead atoms. The summed E-state index contributed by atoms with van der Waals surface area (Å²) >= 11 is 0. The Morgan fingerprint density at radius 1 is 1.55 bits per heavy atom. The third-order valence-corrected chi connectivity index (χ3v) is 4.80. The molecule has 2 heterocycles. The van der Waals surface area contributed by atoms with Crippen LogP contribution in [0.2, 0.25) is 0 Å². The van der Waals surface area contributed by atoms with Crippen molar-refractivity contribution in [1.29, 1.82) is 0 Å². The van der Waals surface area contributed by atoms with Gasteiger partial charge in [0.05, 0.1) is 6.10 Å². The molecule has 8 heteroatoms. The van der Waals surface area contributed by atoms with E-state index in [1.54, 1.807) is 0 Å². The number of rotatable bonds is 4. The summed E-state index contributed by atoms with van der Waals surface area (Å²) in [6.07, 6.45) is 2.54. The lowest BCUT2D eigenvalue weighted by atomic mass is 10.1. The molecule has 2 N–H and O–H groups in total. The number of aromatic carboxylic acids is 1. The smallest absolute Gasteiger partial charge is 0.352 e. The van der Waals surface area contributed by atoms with Crippen molar-refractivity contribution in [3.8, 4) is 0 Å². The van der Waals surface area contributed by atoms with E-state index in [0.29, 0.717) is 19.4 Å². The molecule has 1 aliphatic heterocycles. The van der Waals surface area contributed by atoms with Crippen molar-refractivity contribution in [1.82, 2.24) is 9.29 Å². The number of aryl methyl sites for hydroxylation is 1. The third-order valence-electron chi connectivity index (χ3n) is 3.32. The van der Waals surface area contributed by atoms with Gasteiger partial charge in [0.1, 0.15) is 10.6 Å². The van der Waals surface area contributed by atoms with Crippen molar-refractivity contribution in [3.63, 3.8) is 0 Å². The minimum atomic E-state index is -3.71. The molecule has 20 heavy (non-hydrogen) atoms. The van der Waals surface area contributed by atoms with Crippen LogP contribution in [-0.4, -0.2) is 42.8 Å². The summed E-state index contributed by atoms with van der Waals surface area (Å²) in [5.41, 5.74) is -0.0641. The lowest BCUT2D eigenvalue weighted by Gasteiger charge is -2.27. The fraction of sp³-hybridized carbons (Fsp3) is 0.583. The molecule has 0 radical (unpaired) electrons. The highest BCUT2D eigenvalue weighted by Gasteiger charge is 2.26. The first kappa shape index (κ1) is 15.0. The topological polar surface area (TPSA) is 97.6 Å². The minimum absolute atomic E-state index is 0.0156. The Hall–Kier alpha value is -1.38.